The van der Waals surface area contributed by atoms with Crippen LogP contribution in [0.4, 0.5) is 11.4 Å². The zero-order chi connectivity index (χ0) is 16.6. The van der Waals surface area contributed by atoms with Gasteiger partial charge in [0, 0.05) is 5.39 Å². The first-order chi connectivity index (χ1) is 10.8. The normalized spacial score (nSPS) is 12.2. The maximum atomic E-state index is 11.2. The number of phenols is 1. The number of hydrogen-bond acceptors (Lipinski definition) is 6. The van der Waals surface area contributed by atoms with Gasteiger partial charge in [0.15, 0.2) is 5.69 Å². The third-order valence-electron chi connectivity index (χ3n) is 3.17. The van der Waals surface area contributed by atoms with Crippen molar-refractivity contribution in [1.82, 2.24) is 4.98 Å². The summed E-state index contributed by atoms with van der Waals surface area (Å²) in [4.78, 5) is 2.68. The van der Waals surface area contributed by atoms with Crippen LogP contribution >= 0.6 is 0 Å². The van der Waals surface area contributed by atoms with Gasteiger partial charge in [-0.3, -0.25) is 0 Å². The molecule has 0 unspecified atom stereocenters. The summed E-state index contributed by atoms with van der Waals surface area (Å²) in [6.45, 7) is 0. The summed E-state index contributed by atoms with van der Waals surface area (Å²) in [7, 11) is -3.76. The van der Waals surface area contributed by atoms with Crippen LogP contribution in [0.1, 0.15) is 0 Å². The van der Waals surface area contributed by atoms with Gasteiger partial charge in [-0.25, -0.2) is 13.6 Å². The second kappa shape index (κ2) is 5.38. The molecule has 0 amide bonds. The number of nitrogens with zero attached hydrogens (tertiary/aromatic N) is 2. The molecule has 0 saturated heterocycles. The lowest BCUT2D eigenvalue weighted by Gasteiger charge is -1.98. The van der Waals surface area contributed by atoms with Gasteiger partial charge in [0.25, 0.3) is 0 Å². The fourth-order valence-electron chi connectivity index (χ4n) is 2.06. The number of rotatable bonds is 3. The van der Waals surface area contributed by atoms with Gasteiger partial charge in [-0.15, -0.1) is 5.11 Å². The number of nitrogens with one attached hydrogen (secondary N) is 1. The van der Waals surface area contributed by atoms with Crippen molar-refractivity contribution in [3.05, 3.63) is 42.5 Å². The standard InChI is InChI=1S/C14H12N4O4S/c15-23(21,22)10-4-1-8(2-5-10)17-18-13-11-7-9(19)3-6-12(11)16-14(13)20/h1-7,16,19-20H,(H2,15,21,22). The molecule has 0 aliphatic carbocycles. The summed E-state index contributed by atoms with van der Waals surface area (Å²) in [5.74, 6) is -0.152. The first-order valence-corrected chi connectivity index (χ1v) is 7.97. The molecule has 5 N–H and O–H groups in total. The Balaban J connectivity index is 1.97. The van der Waals surface area contributed by atoms with Crippen molar-refractivity contribution >= 4 is 32.3 Å². The highest BCUT2D eigenvalue weighted by atomic mass is 32.2. The molecule has 2 aromatic carbocycles. The van der Waals surface area contributed by atoms with Crippen molar-refractivity contribution in [3.8, 4) is 11.6 Å². The molecular formula is C14H12N4O4S. The van der Waals surface area contributed by atoms with Crippen LogP contribution in [-0.4, -0.2) is 23.6 Å². The van der Waals surface area contributed by atoms with Gasteiger partial charge in [-0.05, 0) is 42.5 Å². The smallest absolute Gasteiger partial charge is 0.238 e. The minimum Gasteiger partial charge on any atom is -0.508 e. The maximum absolute atomic E-state index is 11.2. The van der Waals surface area contributed by atoms with Crippen molar-refractivity contribution < 1.29 is 18.6 Å². The number of aromatic nitrogens is 1. The minimum absolute atomic E-state index is 0.0312. The number of primary sulfonamides is 1. The molecule has 9 heteroatoms. The van der Waals surface area contributed by atoms with E-state index in [0.29, 0.717) is 16.6 Å². The van der Waals surface area contributed by atoms with Crippen LogP contribution < -0.4 is 5.14 Å². The van der Waals surface area contributed by atoms with Crippen LogP contribution in [0.25, 0.3) is 10.9 Å². The lowest BCUT2D eigenvalue weighted by atomic mass is 10.2. The van der Waals surface area contributed by atoms with Crippen LogP contribution in [0.3, 0.4) is 0 Å². The first-order valence-electron chi connectivity index (χ1n) is 6.43. The molecule has 0 fully saturated rings. The highest BCUT2D eigenvalue weighted by Gasteiger charge is 2.11. The van der Waals surface area contributed by atoms with Crippen molar-refractivity contribution in [2.24, 2.45) is 15.4 Å². The Labute approximate surface area is 131 Å². The molecule has 0 radical (unpaired) electrons. The number of benzene rings is 2. The summed E-state index contributed by atoms with van der Waals surface area (Å²) in [6.07, 6.45) is 0. The van der Waals surface area contributed by atoms with E-state index >= 15 is 0 Å². The largest absolute Gasteiger partial charge is 0.508 e. The van der Waals surface area contributed by atoms with E-state index in [0.717, 1.165) is 0 Å². The molecule has 118 valence electrons. The summed E-state index contributed by atoms with van der Waals surface area (Å²) in [6, 6.07) is 10.0. The van der Waals surface area contributed by atoms with E-state index in [1.54, 1.807) is 6.07 Å². The van der Waals surface area contributed by atoms with Gasteiger partial charge in [0.1, 0.15) is 5.75 Å². The van der Waals surface area contributed by atoms with E-state index in [2.05, 4.69) is 15.2 Å². The number of sulfonamides is 1. The molecular weight excluding hydrogens is 320 g/mol. The van der Waals surface area contributed by atoms with Crippen molar-refractivity contribution in [3.63, 3.8) is 0 Å². The molecule has 0 aliphatic rings. The summed E-state index contributed by atoms with van der Waals surface area (Å²) in [5, 5.41) is 32.8. The van der Waals surface area contributed by atoms with E-state index in [9.17, 15) is 18.6 Å². The van der Waals surface area contributed by atoms with Gasteiger partial charge >= 0.3 is 0 Å². The van der Waals surface area contributed by atoms with Crippen molar-refractivity contribution in [2.45, 2.75) is 4.90 Å². The van der Waals surface area contributed by atoms with E-state index in [4.69, 9.17) is 5.14 Å². The maximum Gasteiger partial charge on any atom is 0.238 e. The predicted octanol–water partition coefficient (Wildman–Crippen LogP) is 2.64. The number of aromatic hydroxyl groups is 2. The van der Waals surface area contributed by atoms with E-state index in [1.807, 2.05) is 0 Å². The van der Waals surface area contributed by atoms with Crippen LogP contribution in [0.15, 0.2) is 57.6 Å². The molecule has 3 rings (SSSR count). The molecule has 1 heterocycles. The Hall–Kier alpha value is -2.91. The first kappa shape index (κ1) is 15.0. The van der Waals surface area contributed by atoms with Crippen LogP contribution in [0.2, 0.25) is 0 Å². The summed E-state index contributed by atoms with van der Waals surface area (Å²) in [5.41, 5.74) is 1.15. The van der Waals surface area contributed by atoms with Gasteiger partial charge < -0.3 is 15.2 Å². The molecule has 0 saturated carbocycles. The molecule has 3 aromatic rings. The molecule has 23 heavy (non-hydrogen) atoms. The second-order valence-corrected chi connectivity index (χ2v) is 6.35. The topological polar surface area (TPSA) is 141 Å². The molecule has 1 aromatic heterocycles. The number of azo groups is 1. The third-order valence-corrected chi connectivity index (χ3v) is 4.10. The Morgan fingerprint density at radius 1 is 1.00 bits per heavy atom. The Kier molecular flexibility index (Phi) is 3.51. The van der Waals surface area contributed by atoms with Gasteiger partial charge in [0.2, 0.25) is 15.9 Å². The van der Waals surface area contributed by atoms with Crippen LogP contribution in [0, 0.1) is 0 Å². The van der Waals surface area contributed by atoms with Gasteiger partial charge in [-0.2, -0.15) is 5.11 Å². The molecule has 0 bridgehead atoms. The fourth-order valence-corrected chi connectivity index (χ4v) is 2.58. The van der Waals surface area contributed by atoms with E-state index in [-0.39, 0.29) is 22.2 Å². The minimum atomic E-state index is -3.76. The molecule has 0 spiro atoms. The van der Waals surface area contributed by atoms with Crippen molar-refractivity contribution in [1.29, 1.82) is 0 Å². The summed E-state index contributed by atoms with van der Waals surface area (Å²) < 4.78 is 22.3. The molecule has 0 aliphatic heterocycles. The SMILES string of the molecule is NS(=O)(=O)c1ccc(N=Nc2c(O)[nH]c3ccc(O)cc23)cc1. The number of phenolic OH excluding ortho intramolecular Hbond substituents is 1. The van der Waals surface area contributed by atoms with E-state index in [1.165, 1.54) is 36.4 Å². The zero-order valence-electron chi connectivity index (χ0n) is 11.6. The lowest BCUT2D eigenvalue weighted by Crippen LogP contribution is -2.11. The molecule has 8 nitrogen and oxygen atoms in total. The number of H-pyrrole nitrogens is 1. The summed E-state index contributed by atoms with van der Waals surface area (Å²) >= 11 is 0. The quantitative estimate of drug-likeness (QED) is 0.547. The molecule has 0 atom stereocenters. The Morgan fingerprint density at radius 3 is 2.35 bits per heavy atom. The predicted molar refractivity (Wildman–Crippen MR) is 83.6 cm³/mol. The van der Waals surface area contributed by atoms with Gasteiger partial charge in [0.05, 0.1) is 16.1 Å². The monoisotopic (exact) mass is 332 g/mol. The van der Waals surface area contributed by atoms with Crippen LogP contribution in [-0.2, 0) is 10.0 Å². The zero-order valence-corrected chi connectivity index (χ0v) is 12.4. The van der Waals surface area contributed by atoms with Crippen LogP contribution in [0.5, 0.6) is 11.6 Å². The van der Waals surface area contributed by atoms with E-state index < -0.39 is 10.0 Å². The number of nitrogens with two attached hydrogens (primary N) is 1. The number of fused-ring (bicyclic) bond motifs is 1. The average molecular weight is 332 g/mol. The number of hydrogen-bond donors (Lipinski definition) is 4. The second-order valence-electron chi connectivity index (χ2n) is 4.79. The Bertz CT molecular complexity index is 1010. The Morgan fingerprint density at radius 2 is 1.70 bits per heavy atom. The van der Waals surface area contributed by atoms with Crippen molar-refractivity contribution in [2.75, 3.05) is 0 Å². The number of aromatic amines is 1. The average Bonchev–Trinajstić information content (AvgIpc) is 2.79. The lowest BCUT2D eigenvalue weighted by molar-refractivity contribution is 0.459. The highest BCUT2D eigenvalue weighted by Crippen LogP contribution is 2.37. The third kappa shape index (κ3) is 3.00. The van der Waals surface area contributed by atoms with Gasteiger partial charge in [-0.1, -0.05) is 0 Å². The fraction of sp³-hybridized carbons (Fsp3) is 0. The highest BCUT2D eigenvalue weighted by molar-refractivity contribution is 7.89.